The Bertz CT molecular complexity index is 486. The zero-order chi connectivity index (χ0) is 12.3. The molecule has 0 atom stereocenters. The monoisotopic (exact) mass is 231 g/mol. The van der Waals surface area contributed by atoms with E-state index in [2.05, 4.69) is 31.8 Å². The van der Waals surface area contributed by atoms with Crippen LogP contribution in [0, 0.1) is 13.8 Å². The van der Waals surface area contributed by atoms with E-state index in [-0.39, 0.29) is 0 Å². The summed E-state index contributed by atoms with van der Waals surface area (Å²) < 4.78 is 2.08. The number of hydrogen-bond donors (Lipinski definition) is 1. The first kappa shape index (κ1) is 11.6. The van der Waals surface area contributed by atoms with Gasteiger partial charge in [-0.05, 0) is 20.8 Å². The Balaban J connectivity index is 2.11. The van der Waals surface area contributed by atoms with Crippen molar-refractivity contribution in [3.8, 4) is 0 Å². The van der Waals surface area contributed by atoms with Gasteiger partial charge in [-0.2, -0.15) is 0 Å². The van der Waals surface area contributed by atoms with Crippen LogP contribution < -0.4 is 5.32 Å². The molecule has 0 unspecified atom stereocenters. The van der Waals surface area contributed by atoms with Crippen LogP contribution >= 0.6 is 0 Å². The predicted octanol–water partition coefficient (Wildman–Crippen LogP) is 1.77. The zero-order valence-electron chi connectivity index (χ0n) is 10.4. The van der Waals surface area contributed by atoms with Gasteiger partial charge in [0.05, 0.1) is 36.7 Å². The van der Waals surface area contributed by atoms with Gasteiger partial charge in [-0.1, -0.05) is 0 Å². The molecule has 0 bridgehead atoms. The molecule has 0 radical (unpaired) electrons. The summed E-state index contributed by atoms with van der Waals surface area (Å²) in [4.78, 5) is 12.9. The molecule has 0 saturated carbocycles. The molecule has 1 N–H and O–H groups in total. The number of nitrogens with one attached hydrogen (secondary N) is 1. The Hall–Kier alpha value is -1.91. The van der Waals surface area contributed by atoms with Gasteiger partial charge in [0.2, 0.25) is 0 Å². The van der Waals surface area contributed by atoms with Crippen LogP contribution in [0.4, 0.5) is 5.82 Å². The third-order valence-corrected chi connectivity index (χ3v) is 2.74. The summed E-state index contributed by atoms with van der Waals surface area (Å²) in [7, 11) is 0. The van der Waals surface area contributed by atoms with Gasteiger partial charge in [0.25, 0.3) is 0 Å². The van der Waals surface area contributed by atoms with Gasteiger partial charge >= 0.3 is 0 Å². The summed E-state index contributed by atoms with van der Waals surface area (Å²) in [6.07, 6.45) is 5.40. The van der Waals surface area contributed by atoms with Gasteiger partial charge < -0.3 is 9.88 Å². The van der Waals surface area contributed by atoms with E-state index in [9.17, 15) is 0 Å². The highest BCUT2D eigenvalue weighted by atomic mass is 15.1. The summed E-state index contributed by atoms with van der Waals surface area (Å²) in [6.45, 7) is 7.67. The molecule has 0 aliphatic heterocycles. The lowest BCUT2D eigenvalue weighted by molar-refractivity contribution is 0.743. The van der Waals surface area contributed by atoms with Crippen LogP contribution in [0.15, 0.2) is 18.7 Å². The van der Waals surface area contributed by atoms with Crippen LogP contribution in [0.2, 0.25) is 0 Å². The Kier molecular flexibility index (Phi) is 3.37. The lowest BCUT2D eigenvalue weighted by Gasteiger charge is -2.06. The van der Waals surface area contributed by atoms with E-state index in [0.717, 1.165) is 23.8 Å². The highest BCUT2D eigenvalue weighted by Crippen LogP contribution is 2.07. The number of imidazole rings is 1. The minimum absolute atomic E-state index is 0.714. The maximum Gasteiger partial charge on any atom is 0.144 e. The molecule has 2 aromatic heterocycles. The quantitative estimate of drug-likeness (QED) is 0.871. The number of anilines is 1. The predicted molar refractivity (Wildman–Crippen MR) is 67.0 cm³/mol. The standard InChI is InChI=1S/C12H17N5/c1-4-13-12-6-14-11(5-15-12)7-17-8-16-9(2)10(17)3/h5-6,8H,4,7H2,1-3H3,(H,13,15). The van der Waals surface area contributed by atoms with E-state index in [1.165, 1.54) is 5.69 Å². The normalized spacial score (nSPS) is 10.5. The molecule has 0 spiro atoms. The summed E-state index contributed by atoms with van der Waals surface area (Å²) in [5.41, 5.74) is 3.16. The lowest BCUT2D eigenvalue weighted by atomic mass is 10.3. The minimum atomic E-state index is 0.714. The SMILES string of the molecule is CCNc1cnc(Cn2cnc(C)c2C)cn1. The first-order valence-electron chi connectivity index (χ1n) is 5.74. The van der Waals surface area contributed by atoms with Crippen LogP contribution in [-0.4, -0.2) is 26.1 Å². The van der Waals surface area contributed by atoms with Crippen molar-refractivity contribution < 1.29 is 0 Å². The molecular formula is C12H17N5. The lowest BCUT2D eigenvalue weighted by Crippen LogP contribution is -2.05. The Morgan fingerprint density at radius 1 is 1.18 bits per heavy atom. The second-order valence-corrected chi connectivity index (χ2v) is 3.97. The molecule has 2 heterocycles. The first-order valence-corrected chi connectivity index (χ1v) is 5.74. The minimum Gasteiger partial charge on any atom is -0.369 e. The Labute approximate surface area is 101 Å². The Morgan fingerprint density at radius 3 is 2.53 bits per heavy atom. The average molecular weight is 231 g/mol. The molecule has 0 fully saturated rings. The van der Waals surface area contributed by atoms with E-state index in [0.29, 0.717) is 6.54 Å². The Morgan fingerprint density at radius 2 is 2.00 bits per heavy atom. The molecule has 5 heteroatoms. The van der Waals surface area contributed by atoms with Gasteiger partial charge in [-0.25, -0.2) is 9.97 Å². The third kappa shape index (κ3) is 2.61. The molecule has 2 aromatic rings. The van der Waals surface area contributed by atoms with Crippen molar-refractivity contribution in [2.45, 2.75) is 27.3 Å². The van der Waals surface area contributed by atoms with E-state index in [1.807, 2.05) is 20.2 Å². The van der Waals surface area contributed by atoms with Crippen LogP contribution in [-0.2, 0) is 6.54 Å². The number of aryl methyl sites for hydroxylation is 1. The molecule has 0 aliphatic rings. The molecule has 2 rings (SSSR count). The molecule has 0 saturated heterocycles. The number of nitrogens with zero attached hydrogens (tertiary/aromatic N) is 4. The van der Waals surface area contributed by atoms with Crippen LogP contribution in [0.3, 0.4) is 0 Å². The fourth-order valence-corrected chi connectivity index (χ4v) is 1.59. The van der Waals surface area contributed by atoms with E-state index in [4.69, 9.17) is 0 Å². The van der Waals surface area contributed by atoms with Gasteiger partial charge in [0, 0.05) is 12.2 Å². The number of hydrogen-bond acceptors (Lipinski definition) is 4. The molecule has 0 aliphatic carbocycles. The molecule has 5 nitrogen and oxygen atoms in total. The largest absolute Gasteiger partial charge is 0.369 e. The number of aromatic nitrogens is 4. The van der Waals surface area contributed by atoms with Crippen molar-refractivity contribution in [1.82, 2.24) is 19.5 Å². The van der Waals surface area contributed by atoms with Crippen LogP contribution in [0.5, 0.6) is 0 Å². The van der Waals surface area contributed by atoms with Crippen LogP contribution in [0.1, 0.15) is 24.0 Å². The summed E-state index contributed by atoms with van der Waals surface area (Å²) in [6, 6.07) is 0. The van der Waals surface area contributed by atoms with Crippen molar-refractivity contribution in [1.29, 1.82) is 0 Å². The second kappa shape index (κ2) is 4.95. The molecule has 0 aromatic carbocycles. The van der Waals surface area contributed by atoms with Crippen molar-refractivity contribution >= 4 is 5.82 Å². The van der Waals surface area contributed by atoms with E-state index < -0.39 is 0 Å². The molecule has 17 heavy (non-hydrogen) atoms. The summed E-state index contributed by atoms with van der Waals surface area (Å²) >= 11 is 0. The summed E-state index contributed by atoms with van der Waals surface area (Å²) in [5, 5.41) is 3.12. The topological polar surface area (TPSA) is 55.6 Å². The highest BCUT2D eigenvalue weighted by Gasteiger charge is 2.04. The van der Waals surface area contributed by atoms with Crippen LogP contribution in [0.25, 0.3) is 0 Å². The maximum atomic E-state index is 4.37. The van der Waals surface area contributed by atoms with Crippen molar-refractivity contribution in [3.05, 3.63) is 35.8 Å². The number of rotatable bonds is 4. The third-order valence-electron chi connectivity index (χ3n) is 2.74. The zero-order valence-corrected chi connectivity index (χ0v) is 10.4. The summed E-state index contributed by atoms with van der Waals surface area (Å²) in [5.74, 6) is 0.815. The fourth-order valence-electron chi connectivity index (χ4n) is 1.59. The van der Waals surface area contributed by atoms with Crippen molar-refractivity contribution in [3.63, 3.8) is 0 Å². The van der Waals surface area contributed by atoms with E-state index in [1.54, 1.807) is 12.4 Å². The smallest absolute Gasteiger partial charge is 0.144 e. The molecular weight excluding hydrogens is 214 g/mol. The van der Waals surface area contributed by atoms with E-state index >= 15 is 0 Å². The average Bonchev–Trinajstić information content (AvgIpc) is 2.64. The molecule has 90 valence electrons. The van der Waals surface area contributed by atoms with Crippen molar-refractivity contribution in [2.24, 2.45) is 0 Å². The van der Waals surface area contributed by atoms with Gasteiger partial charge in [0.15, 0.2) is 0 Å². The highest BCUT2D eigenvalue weighted by molar-refractivity contribution is 5.30. The second-order valence-electron chi connectivity index (χ2n) is 3.97. The van der Waals surface area contributed by atoms with Gasteiger partial charge in [0.1, 0.15) is 5.82 Å². The molecule has 0 amide bonds. The van der Waals surface area contributed by atoms with Gasteiger partial charge in [-0.3, -0.25) is 4.98 Å². The fraction of sp³-hybridized carbons (Fsp3) is 0.417. The van der Waals surface area contributed by atoms with Gasteiger partial charge in [-0.15, -0.1) is 0 Å². The van der Waals surface area contributed by atoms with Crippen molar-refractivity contribution in [2.75, 3.05) is 11.9 Å². The maximum absolute atomic E-state index is 4.37. The first-order chi connectivity index (χ1) is 8.20.